The van der Waals surface area contributed by atoms with Gasteiger partial charge in [0.05, 0.1) is 18.9 Å². The molecule has 0 unspecified atom stereocenters. The van der Waals surface area contributed by atoms with Gasteiger partial charge in [-0.1, -0.05) is 28.6 Å². The predicted octanol–water partition coefficient (Wildman–Crippen LogP) is 6.26. The standard InChI is InChI=1S/C26H23BrN2O3/c1-3-14-31-21-11-4-17(5-12-21)23-16-24-22-15-19(27)8-13-25(22)32-26(29(24)28-23)18-6-9-20(30-2)10-7-18/h3-13,15,24,26H,1,14,16H2,2H3/t24-,26+/m1/s1. The maximum absolute atomic E-state index is 6.44. The Bertz CT molecular complexity index is 1160. The molecule has 6 heteroatoms. The number of halogens is 1. The molecule has 0 bridgehead atoms. The Labute approximate surface area is 196 Å². The van der Waals surface area contributed by atoms with Crippen molar-refractivity contribution in [1.82, 2.24) is 5.01 Å². The number of rotatable bonds is 6. The van der Waals surface area contributed by atoms with Gasteiger partial charge in [0.25, 0.3) is 0 Å². The molecule has 162 valence electrons. The van der Waals surface area contributed by atoms with E-state index in [9.17, 15) is 0 Å². The number of nitrogens with zero attached hydrogens (tertiary/aromatic N) is 2. The van der Waals surface area contributed by atoms with Crippen LogP contribution in [0.2, 0.25) is 0 Å². The van der Waals surface area contributed by atoms with Crippen LogP contribution in [-0.2, 0) is 0 Å². The topological polar surface area (TPSA) is 43.3 Å². The Morgan fingerprint density at radius 1 is 1.09 bits per heavy atom. The fraction of sp³-hybridized carbons (Fsp3) is 0.192. The van der Waals surface area contributed by atoms with Gasteiger partial charge in [-0.05, 0) is 72.3 Å². The van der Waals surface area contributed by atoms with E-state index in [1.54, 1.807) is 13.2 Å². The minimum absolute atomic E-state index is 0.0926. The number of hydrazone groups is 1. The summed E-state index contributed by atoms with van der Waals surface area (Å²) in [5.41, 5.74) is 4.27. The number of benzene rings is 3. The van der Waals surface area contributed by atoms with Crippen LogP contribution in [-0.4, -0.2) is 24.4 Å². The third-order valence-corrected chi connectivity index (χ3v) is 6.20. The predicted molar refractivity (Wildman–Crippen MR) is 128 cm³/mol. The van der Waals surface area contributed by atoms with E-state index in [4.69, 9.17) is 19.3 Å². The normalized spacial score (nSPS) is 18.8. The average Bonchev–Trinajstić information content (AvgIpc) is 3.28. The van der Waals surface area contributed by atoms with Gasteiger partial charge in [-0.25, -0.2) is 5.01 Å². The van der Waals surface area contributed by atoms with Gasteiger partial charge in [0.15, 0.2) is 0 Å². The van der Waals surface area contributed by atoms with E-state index in [1.165, 1.54) is 0 Å². The van der Waals surface area contributed by atoms with Crippen LogP contribution in [0, 0.1) is 0 Å². The van der Waals surface area contributed by atoms with Crippen molar-refractivity contribution in [2.24, 2.45) is 5.10 Å². The van der Waals surface area contributed by atoms with E-state index in [0.29, 0.717) is 6.61 Å². The smallest absolute Gasteiger partial charge is 0.213 e. The van der Waals surface area contributed by atoms with Crippen LogP contribution < -0.4 is 14.2 Å². The summed E-state index contributed by atoms with van der Waals surface area (Å²) in [5, 5.41) is 7.10. The molecule has 0 radical (unpaired) electrons. The molecule has 5 rings (SSSR count). The molecule has 0 saturated carbocycles. The largest absolute Gasteiger partial charge is 0.497 e. The molecule has 2 aliphatic heterocycles. The Morgan fingerprint density at radius 3 is 2.56 bits per heavy atom. The highest BCUT2D eigenvalue weighted by atomic mass is 79.9. The van der Waals surface area contributed by atoms with Crippen molar-refractivity contribution in [1.29, 1.82) is 0 Å². The van der Waals surface area contributed by atoms with Crippen LogP contribution in [0.5, 0.6) is 17.2 Å². The zero-order valence-electron chi connectivity index (χ0n) is 17.7. The fourth-order valence-electron chi connectivity index (χ4n) is 4.12. The van der Waals surface area contributed by atoms with Crippen LogP contribution in [0.1, 0.15) is 35.4 Å². The van der Waals surface area contributed by atoms with E-state index in [1.807, 2.05) is 48.5 Å². The van der Waals surface area contributed by atoms with Gasteiger partial charge in [0.2, 0.25) is 6.23 Å². The first kappa shape index (κ1) is 20.6. The van der Waals surface area contributed by atoms with Gasteiger partial charge in [-0.2, -0.15) is 5.10 Å². The lowest BCUT2D eigenvalue weighted by Crippen LogP contribution is -2.33. The lowest BCUT2D eigenvalue weighted by molar-refractivity contribution is -0.0191. The first-order chi connectivity index (χ1) is 15.7. The third kappa shape index (κ3) is 3.86. The van der Waals surface area contributed by atoms with Crippen molar-refractivity contribution < 1.29 is 14.2 Å². The monoisotopic (exact) mass is 490 g/mol. The van der Waals surface area contributed by atoms with E-state index >= 15 is 0 Å². The average molecular weight is 491 g/mol. The fourth-order valence-corrected chi connectivity index (χ4v) is 4.50. The van der Waals surface area contributed by atoms with Crippen LogP contribution >= 0.6 is 15.9 Å². The first-order valence-electron chi connectivity index (χ1n) is 10.5. The summed E-state index contributed by atoms with van der Waals surface area (Å²) < 4.78 is 18.4. The molecule has 0 fully saturated rings. The second kappa shape index (κ2) is 8.71. The zero-order valence-corrected chi connectivity index (χ0v) is 19.3. The van der Waals surface area contributed by atoms with Gasteiger partial charge in [0, 0.05) is 22.0 Å². The lowest BCUT2D eigenvalue weighted by atomic mass is 9.96. The van der Waals surface area contributed by atoms with Crippen molar-refractivity contribution in [2.75, 3.05) is 13.7 Å². The van der Waals surface area contributed by atoms with Crippen molar-refractivity contribution in [2.45, 2.75) is 18.7 Å². The number of hydrogen-bond donors (Lipinski definition) is 0. The minimum atomic E-state index is -0.313. The van der Waals surface area contributed by atoms with Crippen molar-refractivity contribution >= 4 is 21.6 Å². The molecule has 0 saturated heterocycles. The molecule has 0 N–H and O–H groups in total. The van der Waals surface area contributed by atoms with E-state index in [2.05, 4.69) is 45.7 Å². The molecule has 0 aromatic heterocycles. The highest BCUT2D eigenvalue weighted by Gasteiger charge is 2.41. The Hall–Kier alpha value is -3.25. The van der Waals surface area contributed by atoms with Crippen LogP contribution in [0.15, 0.2) is 89.0 Å². The molecule has 0 amide bonds. The number of ether oxygens (including phenoxy) is 3. The van der Waals surface area contributed by atoms with Crippen molar-refractivity contribution in [3.05, 3.63) is 101 Å². The van der Waals surface area contributed by atoms with Gasteiger partial charge in [-0.15, -0.1) is 0 Å². The lowest BCUT2D eigenvalue weighted by Gasteiger charge is -2.38. The highest BCUT2D eigenvalue weighted by Crippen LogP contribution is 2.48. The van der Waals surface area contributed by atoms with Gasteiger partial charge >= 0.3 is 0 Å². The highest BCUT2D eigenvalue weighted by molar-refractivity contribution is 9.10. The van der Waals surface area contributed by atoms with E-state index in [0.717, 1.165) is 50.5 Å². The number of methoxy groups -OCH3 is 1. The summed E-state index contributed by atoms with van der Waals surface area (Å²) in [6, 6.07) is 22.3. The Balaban J connectivity index is 1.50. The van der Waals surface area contributed by atoms with Crippen LogP contribution in [0.25, 0.3) is 0 Å². The molecule has 3 aromatic carbocycles. The molecule has 2 atom stereocenters. The molecule has 2 heterocycles. The molecule has 0 spiro atoms. The number of hydrogen-bond acceptors (Lipinski definition) is 5. The summed E-state index contributed by atoms with van der Waals surface area (Å²) in [6.45, 7) is 4.18. The van der Waals surface area contributed by atoms with Crippen molar-refractivity contribution in [3.8, 4) is 17.2 Å². The summed E-state index contributed by atoms with van der Waals surface area (Å²) in [7, 11) is 1.67. The summed E-state index contributed by atoms with van der Waals surface area (Å²) in [5.74, 6) is 2.52. The summed E-state index contributed by atoms with van der Waals surface area (Å²) >= 11 is 3.61. The zero-order chi connectivity index (χ0) is 22.1. The number of fused-ring (bicyclic) bond motifs is 3. The second-order valence-corrected chi connectivity index (χ2v) is 8.61. The van der Waals surface area contributed by atoms with Gasteiger partial charge < -0.3 is 14.2 Å². The molecular weight excluding hydrogens is 468 g/mol. The van der Waals surface area contributed by atoms with Crippen LogP contribution in [0.3, 0.4) is 0 Å². The SMILES string of the molecule is C=CCOc1ccc(C2=NN3[C@H](C2)c2cc(Br)ccc2O[C@H]3c2ccc(OC)cc2)cc1. The molecule has 2 aliphatic rings. The minimum Gasteiger partial charge on any atom is -0.497 e. The van der Waals surface area contributed by atoms with Gasteiger partial charge in [0.1, 0.15) is 23.9 Å². The maximum Gasteiger partial charge on any atom is 0.213 e. The third-order valence-electron chi connectivity index (χ3n) is 5.71. The first-order valence-corrected chi connectivity index (χ1v) is 11.3. The van der Waals surface area contributed by atoms with Gasteiger partial charge in [-0.3, -0.25) is 0 Å². The molecule has 32 heavy (non-hydrogen) atoms. The Morgan fingerprint density at radius 2 is 1.84 bits per heavy atom. The van der Waals surface area contributed by atoms with Crippen LogP contribution in [0.4, 0.5) is 0 Å². The molecule has 5 nitrogen and oxygen atoms in total. The maximum atomic E-state index is 6.44. The van der Waals surface area contributed by atoms with E-state index < -0.39 is 0 Å². The molecule has 3 aromatic rings. The second-order valence-electron chi connectivity index (χ2n) is 7.70. The van der Waals surface area contributed by atoms with E-state index in [-0.39, 0.29) is 12.3 Å². The quantitative estimate of drug-likeness (QED) is 0.382. The summed E-state index contributed by atoms with van der Waals surface area (Å²) in [6.07, 6.45) is 2.22. The summed E-state index contributed by atoms with van der Waals surface area (Å²) in [4.78, 5) is 0. The molecular formula is C26H23BrN2O3. The Kier molecular flexibility index (Phi) is 5.62. The molecule has 0 aliphatic carbocycles. The van der Waals surface area contributed by atoms with Crippen molar-refractivity contribution in [3.63, 3.8) is 0 Å².